The van der Waals surface area contributed by atoms with E-state index in [4.69, 9.17) is 13.9 Å². The molecule has 6 nitrogen and oxygen atoms in total. The Morgan fingerprint density at radius 1 is 0.868 bits per heavy atom. The number of carbonyl (C=O) groups is 1. The summed E-state index contributed by atoms with van der Waals surface area (Å²) in [5.74, 6) is 0.108. The van der Waals surface area contributed by atoms with Gasteiger partial charge in [-0.3, -0.25) is 14.5 Å². The molecule has 0 saturated carbocycles. The molecule has 0 bridgehead atoms. The van der Waals surface area contributed by atoms with E-state index in [9.17, 15) is 14.0 Å². The Hall–Kier alpha value is -4.91. The van der Waals surface area contributed by atoms with E-state index in [2.05, 4.69) is 0 Å². The molecule has 7 heteroatoms. The van der Waals surface area contributed by atoms with E-state index in [-0.39, 0.29) is 22.3 Å². The Bertz CT molecular complexity index is 1710. The number of ether oxygens (including phenoxy) is 2. The van der Waals surface area contributed by atoms with E-state index in [1.54, 1.807) is 36.4 Å². The minimum atomic E-state index is -0.795. The van der Waals surface area contributed by atoms with Crippen LogP contribution < -0.4 is 19.8 Å². The molecule has 4 aromatic carbocycles. The summed E-state index contributed by atoms with van der Waals surface area (Å²) in [6, 6.07) is 27.0. The number of rotatable bonds is 6. The number of carbonyl (C=O) groups excluding carboxylic acids is 1. The third-order valence-corrected chi connectivity index (χ3v) is 6.61. The van der Waals surface area contributed by atoms with Crippen molar-refractivity contribution in [2.45, 2.75) is 12.6 Å². The lowest BCUT2D eigenvalue weighted by molar-refractivity contribution is 0.0971. The van der Waals surface area contributed by atoms with Crippen LogP contribution in [0.3, 0.4) is 0 Å². The van der Waals surface area contributed by atoms with E-state index < -0.39 is 23.2 Å². The maximum Gasteiger partial charge on any atom is 0.295 e. The first-order valence-corrected chi connectivity index (χ1v) is 12.0. The zero-order valence-electron chi connectivity index (χ0n) is 20.4. The van der Waals surface area contributed by atoms with Gasteiger partial charge in [0.1, 0.15) is 29.5 Å². The van der Waals surface area contributed by atoms with Gasteiger partial charge >= 0.3 is 0 Å². The average Bonchev–Trinajstić information content (AvgIpc) is 3.25. The molecule has 6 rings (SSSR count). The minimum Gasteiger partial charge on any atom is -0.497 e. The van der Waals surface area contributed by atoms with Crippen molar-refractivity contribution in [1.82, 2.24) is 0 Å². The molecule has 1 amide bonds. The van der Waals surface area contributed by atoms with Crippen LogP contribution in [0.25, 0.3) is 11.0 Å². The molecular weight excluding hydrogens is 485 g/mol. The van der Waals surface area contributed by atoms with Crippen LogP contribution in [-0.4, -0.2) is 13.0 Å². The van der Waals surface area contributed by atoms with Crippen molar-refractivity contribution < 1.29 is 23.1 Å². The van der Waals surface area contributed by atoms with Crippen LogP contribution >= 0.6 is 0 Å². The Balaban J connectivity index is 1.45. The summed E-state index contributed by atoms with van der Waals surface area (Å²) in [4.78, 5) is 28.9. The highest BCUT2D eigenvalue weighted by molar-refractivity contribution is 6.10. The molecule has 1 atom stereocenters. The first-order chi connectivity index (χ1) is 18.5. The summed E-state index contributed by atoms with van der Waals surface area (Å²) in [6.07, 6.45) is 0. The second-order valence-corrected chi connectivity index (χ2v) is 8.94. The predicted molar refractivity (Wildman–Crippen MR) is 141 cm³/mol. The second-order valence-electron chi connectivity index (χ2n) is 8.94. The highest BCUT2D eigenvalue weighted by atomic mass is 19.1. The summed E-state index contributed by atoms with van der Waals surface area (Å²) in [6.45, 7) is 0.405. The van der Waals surface area contributed by atoms with Gasteiger partial charge in [-0.15, -0.1) is 0 Å². The number of nitrogens with zero attached hydrogens (tertiary/aromatic N) is 1. The van der Waals surface area contributed by atoms with E-state index in [0.29, 0.717) is 29.4 Å². The molecule has 0 radical (unpaired) electrons. The molecule has 0 aliphatic carbocycles. The highest BCUT2D eigenvalue weighted by Crippen LogP contribution is 2.42. The van der Waals surface area contributed by atoms with Gasteiger partial charge in [0.15, 0.2) is 5.43 Å². The normalized spacial score (nSPS) is 14.5. The molecule has 0 N–H and O–H groups in total. The van der Waals surface area contributed by atoms with Crippen molar-refractivity contribution >= 4 is 22.6 Å². The number of hydrogen-bond acceptors (Lipinski definition) is 5. The maximum absolute atomic E-state index is 14.0. The third-order valence-electron chi connectivity index (χ3n) is 6.61. The Morgan fingerprint density at radius 2 is 1.66 bits per heavy atom. The molecule has 0 fully saturated rings. The molecule has 188 valence electrons. The Labute approximate surface area is 217 Å². The second kappa shape index (κ2) is 9.52. The molecule has 0 saturated heterocycles. The lowest BCUT2D eigenvalue weighted by Gasteiger charge is -2.25. The number of halogens is 1. The first-order valence-electron chi connectivity index (χ1n) is 12.0. The smallest absolute Gasteiger partial charge is 0.295 e. The van der Waals surface area contributed by atoms with Gasteiger partial charge in [-0.2, -0.15) is 0 Å². The zero-order valence-corrected chi connectivity index (χ0v) is 20.4. The quantitative estimate of drug-likeness (QED) is 0.271. The Kier molecular flexibility index (Phi) is 5.88. The fourth-order valence-corrected chi connectivity index (χ4v) is 4.77. The number of anilines is 1. The van der Waals surface area contributed by atoms with Crippen molar-refractivity contribution in [3.05, 3.63) is 136 Å². The summed E-state index contributed by atoms with van der Waals surface area (Å²) in [7, 11) is 1.54. The first kappa shape index (κ1) is 23.5. The van der Waals surface area contributed by atoms with E-state index in [1.165, 1.54) is 24.1 Å². The van der Waals surface area contributed by atoms with E-state index >= 15 is 0 Å². The molecule has 2 heterocycles. The molecule has 1 aliphatic heterocycles. The van der Waals surface area contributed by atoms with Crippen molar-refractivity contribution in [1.29, 1.82) is 0 Å². The van der Waals surface area contributed by atoms with Gasteiger partial charge in [-0.1, -0.05) is 48.5 Å². The van der Waals surface area contributed by atoms with E-state index in [1.807, 2.05) is 42.5 Å². The Morgan fingerprint density at radius 3 is 2.42 bits per heavy atom. The van der Waals surface area contributed by atoms with Crippen LogP contribution in [0.1, 0.15) is 33.3 Å². The standard InChI is InChI=1S/C31H22FNO5/c1-36-24-9-5-8-22(17-24)33-28(20-10-13-23(14-11-20)37-18-19-6-3-2-4-7-19)27-29(34)25-16-21(32)12-15-26(25)38-30(27)31(33)35/h2-17,28H,18H2,1H3. The largest absolute Gasteiger partial charge is 0.497 e. The molecule has 5 aromatic rings. The third kappa shape index (κ3) is 4.08. The van der Waals surface area contributed by atoms with E-state index in [0.717, 1.165) is 11.6 Å². The summed E-state index contributed by atoms with van der Waals surface area (Å²) in [5, 5.41) is 0.0804. The van der Waals surface area contributed by atoms with Crippen LogP contribution in [0.2, 0.25) is 0 Å². The number of hydrogen-bond donors (Lipinski definition) is 0. The number of methoxy groups -OCH3 is 1. The summed E-state index contributed by atoms with van der Waals surface area (Å²) >= 11 is 0. The van der Waals surface area contributed by atoms with Crippen LogP contribution in [0.15, 0.2) is 106 Å². The van der Waals surface area contributed by atoms with Gasteiger partial charge in [0.25, 0.3) is 5.91 Å². The molecule has 1 aromatic heterocycles. The van der Waals surface area contributed by atoms with Crippen LogP contribution in [0.5, 0.6) is 11.5 Å². The lowest BCUT2D eigenvalue weighted by atomic mass is 9.98. The summed E-state index contributed by atoms with van der Waals surface area (Å²) in [5.41, 5.74) is 2.11. The van der Waals surface area contributed by atoms with Crippen LogP contribution in [0.4, 0.5) is 10.1 Å². The van der Waals surface area contributed by atoms with Gasteiger partial charge < -0.3 is 13.9 Å². The van der Waals surface area contributed by atoms with Gasteiger partial charge in [-0.05, 0) is 53.6 Å². The molecule has 0 spiro atoms. The lowest BCUT2D eigenvalue weighted by Crippen LogP contribution is -2.29. The van der Waals surface area contributed by atoms with Gasteiger partial charge in [-0.25, -0.2) is 4.39 Å². The topological polar surface area (TPSA) is 69.0 Å². The van der Waals surface area contributed by atoms with Gasteiger partial charge in [0.05, 0.1) is 24.1 Å². The average molecular weight is 508 g/mol. The van der Waals surface area contributed by atoms with Crippen molar-refractivity contribution in [3.8, 4) is 11.5 Å². The van der Waals surface area contributed by atoms with Crippen LogP contribution in [0, 0.1) is 5.82 Å². The number of benzene rings is 4. The van der Waals surface area contributed by atoms with Crippen molar-refractivity contribution in [2.75, 3.05) is 12.0 Å². The molecule has 1 unspecified atom stereocenters. The van der Waals surface area contributed by atoms with Gasteiger partial charge in [0, 0.05) is 11.8 Å². The number of amides is 1. The molecule has 1 aliphatic rings. The molecular formula is C31H22FNO5. The summed E-state index contributed by atoms with van der Waals surface area (Å²) < 4.78 is 31.2. The van der Waals surface area contributed by atoms with Gasteiger partial charge in [0.2, 0.25) is 5.76 Å². The highest BCUT2D eigenvalue weighted by Gasteiger charge is 2.43. The van der Waals surface area contributed by atoms with Crippen molar-refractivity contribution in [3.63, 3.8) is 0 Å². The van der Waals surface area contributed by atoms with Crippen molar-refractivity contribution in [2.24, 2.45) is 0 Å². The molecule has 38 heavy (non-hydrogen) atoms. The fourth-order valence-electron chi connectivity index (χ4n) is 4.77. The fraction of sp³-hybridized carbons (Fsp3) is 0.0968. The minimum absolute atomic E-state index is 0.0636. The monoisotopic (exact) mass is 507 g/mol. The number of fused-ring (bicyclic) bond motifs is 2. The predicted octanol–water partition coefficient (Wildman–Crippen LogP) is 6.27. The maximum atomic E-state index is 14.0. The zero-order chi connectivity index (χ0) is 26.2. The SMILES string of the molecule is COc1cccc(N2C(=O)c3oc4ccc(F)cc4c(=O)c3C2c2ccc(OCc3ccccc3)cc2)c1. The van der Waals surface area contributed by atoms with Crippen LogP contribution in [-0.2, 0) is 6.61 Å².